The van der Waals surface area contributed by atoms with Crippen LogP contribution in [-0.2, 0) is 29.0 Å². The minimum Gasteiger partial charge on any atom is -0.480 e. The first-order valence-corrected chi connectivity index (χ1v) is 7.41. The summed E-state index contributed by atoms with van der Waals surface area (Å²) in [6.45, 7) is 2.25. The van der Waals surface area contributed by atoms with Gasteiger partial charge in [-0.05, 0) is 28.8 Å². The second kappa shape index (κ2) is 8.02. The van der Waals surface area contributed by atoms with E-state index in [0.717, 1.165) is 12.0 Å². The number of carboxylic acid groups (broad SMARTS) is 1. The molecule has 1 amide bonds. The Morgan fingerprint density at radius 2 is 2.04 bits per heavy atom. The molecule has 1 aromatic carbocycles. The van der Waals surface area contributed by atoms with Crippen LogP contribution < -0.4 is 5.32 Å². The van der Waals surface area contributed by atoms with Crippen LogP contribution >= 0.6 is 0 Å². The van der Waals surface area contributed by atoms with Crippen LogP contribution in [0.15, 0.2) is 30.3 Å². The van der Waals surface area contributed by atoms with Crippen LogP contribution in [0.2, 0.25) is 0 Å². The molecular formula is C15H19N5O3. The predicted molar refractivity (Wildman–Crippen MR) is 81.5 cm³/mol. The van der Waals surface area contributed by atoms with E-state index in [-0.39, 0.29) is 6.42 Å². The van der Waals surface area contributed by atoms with Crippen molar-refractivity contribution in [1.82, 2.24) is 25.5 Å². The van der Waals surface area contributed by atoms with E-state index in [4.69, 9.17) is 5.11 Å². The van der Waals surface area contributed by atoms with Crippen molar-refractivity contribution in [3.05, 3.63) is 41.7 Å². The summed E-state index contributed by atoms with van der Waals surface area (Å²) < 4.78 is 1.56. The minimum atomic E-state index is -1.05. The lowest BCUT2D eigenvalue weighted by Gasteiger charge is -2.12. The first-order chi connectivity index (χ1) is 11.1. The Balaban J connectivity index is 1.92. The molecule has 2 N–H and O–H groups in total. The maximum absolute atomic E-state index is 11.9. The highest BCUT2D eigenvalue weighted by Crippen LogP contribution is 2.03. The fraction of sp³-hybridized carbons (Fsp3) is 0.400. The largest absolute Gasteiger partial charge is 0.480 e. The zero-order valence-corrected chi connectivity index (χ0v) is 12.8. The first kappa shape index (κ1) is 16.6. The van der Waals surface area contributed by atoms with E-state index in [2.05, 4.69) is 20.8 Å². The number of aryl methyl sites for hydroxylation is 2. The number of hydrogen-bond donors (Lipinski definition) is 2. The smallest absolute Gasteiger partial charge is 0.326 e. The van der Waals surface area contributed by atoms with Gasteiger partial charge in [-0.15, -0.1) is 5.10 Å². The molecule has 23 heavy (non-hydrogen) atoms. The Hall–Kier alpha value is -2.77. The van der Waals surface area contributed by atoms with Crippen LogP contribution in [0.25, 0.3) is 0 Å². The van der Waals surface area contributed by atoms with Gasteiger partial charge < -0.3 is 10.4 Å². The molecule has 0 spiro atoms. The normalized spacial score (nSPS) is 11.9. The molecule has 0 bridgehead atoms. The summed E-state index contributed by atoms with van der Waals surface area (Å²) >= 11 is 0. The Bertz CT molecular complexity index is 656. The Morgan fingerprint density at radius 3 is 2.70 bits per heavy atom. The molecule has 1 aromatic heterocycles. The topological polar surface area (TPSA) is 110 Å². The van der Waals surface area contributed by atoms with E-state index in [0.29, 0.717) is 18.8 Å². The molecule has 1 unspecified atom stereocenters. The number of carbonyl (C=O) groups is 2. The maximum Gasteiger partial charge on any atom is 0.326 e. The van der Waals surface area contributed by atoms with E-state index in [1.54, 1.807) is 11.6 Å². The zero-order valence-electron chi connectivity index (χ0n) is 12.8. The fourth-order valence-electron chi connectivity index (χ4n) is 2.13. The summed E-state index contributed by atoms with van der Waals surface area (Å²) in [5.74, 6) is -1.04. The minimum absolute atomic E-state index is 0.0500. The molecule has 0 radical (unpaired) electrons. The lowest BCUT2D eigenvalue weighted by atomic mass is 10.1. The van der Waals surface area contributed by atoms with Crippen LogP contribution in [0.4, 0.5) is 0 Å². The molecule has 0 aliphatic carbocycles. The van der Waals surface area contributed by atoms with Crippen molar-refractivity contribution in [2.45, 2.75) is 38.8 Å². The van der Waals surface area contributed by atoms with E-state index in [1.807, 2.05) is 30.3 Å². The average molecular weight is 317 g/mol. The molecule has 1 atom stereocenters. The highest BCUT2D eigenvalue weighted by atomic mass is 16.4. The van der Waals surface area contributed by atoms with E-state index >= 15 is 0 Å². The lowest BCUT2D eigenvalue weighted by Crippen LogP contribution is -2.41. The van der Waals surface area contributed by atoms with Gasteiger partial charge in [0.15, 0.2) is 5.82 Å². The Labute approximate surface area is 133 Å². The van der Waals surface area contributed by atoms with E-state index in [9.17, 15) is 9.59 Å². The summed E-state index contributed by atoms with van der Waals surface area (Å²) in [4.78, 5) is 22.9. The molecular weight excluding hydrogens is 298 g/mol. The maximum atomic E-state index is 11.9. The van der Waals surface area contributed by atoms with Gasteiger partial charge in [0.2, 0.25) is 5.91 Å². The van der Waals surface area contributed by atoms with Gasteiger partial charge in [-0.2, -0.15) is 0 Å². The quantitative estimate of drug-likeness (QED) is 0.731. The molecule has 0 fully saturated rings. The van der Waals surface area contributed by atoms with Crippen molar-refractivity contribution >= 4 is 11.9 Å². The molecule has 0 saturated heterocycles. The number of nitrogens with one attached hydrogen (secondary N) is 1. The number of aliphatic carboxylic acids is 1. The molecule has 0 aliphatic heterocycles. The van der Waals surface area contributed by atoms with Gasteiger partial charge in [-0.25, -0.2) is 9.48 Å². The third-order valence-electron chi connectivity index (χ3n) is 3.42. The van der Waals surface area contributed by atoms with Crippen molar-refractivity contribution in [3.8, 4) is 0 Å². The van der Waals surface area contributed by atoms with Gasteiger partial charge in [0, 0.05) is 6.54 Å². The van der Waals surface area contributed by atoms with E-state index < -0.39 is 17.9 Å². The number of amides is 1. The third-order valence-corrected chi connectivity index (χ3v) is 3.42. The summed E-state index contributed by atoms with van der Waals surface area (Å²) in [6.07, 6.45) is 1.01. The fourth-order valence-corrected chi connectivity index (χ4v) is 2.13. The molecule has 8 heteroatoms. The van der Waals surface area contributed by atoms with Gasteiger partial charge in [0.25, 0.3) is 0 Å². The summed E-state index contributed by atoms with van der Waals surface area (Å²) in [5, 5.41) is 22.7. The number of carbonyl (C=O) groups excluding carboxylic acids is 1. The second-order valence-corrected chi connectivity index (χ2v) is 5.10. The summed E-state index contributed by atoms with van der Waals surface area (Å²) in [6, 6.07) is 8.99. The van der Waals surface area contributed by atoms with Crippen molar-refractivity contribution < 1.29 is 14.7 Å². The zero-order chi connectivity index (χ0) is 16.7. The van der Waals surface area contributed by atoms with Crippen LogP contribution in [0.5, 0.6) is 0 Å². The number of tetrazole rings is 1. The molecule has 1 heterocycles. The Kier molecular flexibility index (Phi) is 5.79. The van der Waals surface area contributed by atoms with Crippen LogP contribution in [-0.4, -0.2) is 43.2 Å². The number of rotatable bonds is 8. The molecule has 122 valence electrons. The van der Waals surface area contributed by atoms with Crippen molar-refractivity contribution in [3.63, 3.8) is 0 Å². The first-order valence-electron chi connectivity index (χ1n) is 7.41. The molecule has 0 saturated carbocycles. The Morgan fingerprint density at radius 1 is 1.30 bits per heavy atom. The van der Waals surface area contributed by atoms with Crippen LogP contribution in [0.1, 0.15) is 24.7 Å². The number of nitrogens with zero attached hydrogens (tertiary/aromatic N) is 4. The van der Waals surface area contributed by atoms with E-state index in [1.165, 1.54) is 0 Å². The third kappa shape index (κ3) is 4.87. The number of carboxylic acids is 1. The monoisotopic (exact) mass is 317 g/mol. The predicted octanol–water partition coefficient (Wildman–Crippen LogP) is 0.438. The molecule has 2 rings (SSSR count). The second-order valence-electron chi connectivity index (χ2n) is 5.10. The van der Waals surface area contributed by atoms with Gasteiger partial charge >= 0.3 is 5.97 Å². The standard InChI is InChI=1S/C15H19N5O3/c1-2-12(15(22)23)16-14(21)10-13-17-18-19-20(13)9-8-11-6-4-3-5-7-11/h3-7,12H,2,8-10H2,1H3,(H,16,21)(H,22,23). The summed E-state index contributed by atoms with van der Waals surface area (Å²) in [7, 11) is 0. The highest BCUT2D eigenvalue weighted by Gasteiger charge is 2.19. The van der Waals surface area contributed by atoms with Gasteiger partial charge in [-0.3, -0.25) is 4.79 Å². The SMILES string of the molecule is CCC(NC(=O)Cc1nnnn1CCc1ccccc1)C(=O)O. The lowest BCUT2D eigenvalue weighted by molar-refractivity contribution is -0.141. The van der Waals surface area contributed by atoms with Gasteiger partial charge in [0.05, 0.1) is 6.42 Å². The van der Waals surface area contributed by atoms with Gasteiger partial charge in [0.1, 0.15) is 6.04 Å². The van der Waals surface area contributed by atoms with Crippen molar-refractivity contribution in [2.24, 2.45) is 0 Å². The number of benzene rings is 1. The van der Waals surface area contributed by atoms with Crippen LogP contribution in [0.3, 0.4) is 0 Å². The number of aromatic nitrogens is 4. The van der Waals surface area contributed by atoms with Crippen molar-refractivity contribution in [2.75, 3.05) is 0 Å². The van der Waals surface area contributed by atoms with Crippen LogP contribution in [0, 0.1) is 0 Å². The summed E-state index contributed by atoms with van der Waals surface area (Å²) in [5.41, 5.74) is 1.15. The molecule has 0 aliphatic rings. The highest BCUT2D eigenvalue weighted by molar-refractivity contribution is 5.84. The molecule has 8 nitrogen and oxygen atoms in total. The number of hydrogen-bond acceptors (Lipinski definition) is 5. The molecule has 2 aromatic rings. The van der Waals surface area contributed by atoms with Gasteiger partial charge in [-0.1, -0.05) is 37.3 Å². The van der Waals surface area contributed by atoms with Crippen molar-refractivity contribution in [1.29, 1.82) is 0 Å². The average Bonchev–Trinajstić information content (AvgIpc) is 2.98.